The molecule has 0 radical (unpaired) electrons. The summed E-state index contributed by atoms with van der Waals surface area (Å²) in [5, 5.41) is 0.201. The molecule has 3 aromatic rings. The third kappa shape index (κ3) is 5.00. The third-order valence-corrected chi connectivity index (χ3v) is 8.38. The maximum absolute atomic E-state index is 16.2. The van der Waals surface area contributed by atoms with E-state index in [1.165, 1.54) is 13.1 Å². The van der Waals surface area contributed by atoms with Crippen molar-refractivity contribution in [2.75, 3.05) is 43.4 Å². The van der Waals surface area contributed by atoms with E-state index in [0.717, 1.165) is 38.3 Å². The van der Waals surface area contributed by atoms with Gasteiger partial charge >= 0.3 is 12.2 Å². The second-order valence-corrected chi connectivity index (χ2v) is 11.3. The number of ether oxygens (including phenoxy) is 1. The van der Waals surface area contributed by atoms with Crippen LogP contribution in [0.5, 0.6) is 6.01 Å². The molecule has 6 rings (SSSR count). The highest BCUT2D eigenvalue weighted by Gasteiger charge is 2.49. The minimum Gasteiger partial charge on any atom is -0.461 e. The predicted octanol–water partition coefficient (Wildman–Crippen LogP) is 4.02. The molecule has 14 heteroatoms. The molecule has 41 heavy (non-hydrogen) atoms. The Balaban J connectivity index is 1.47. The largest absolute Gasteiger partial charge is 0.461 e. The Hall–Kier alpha value is -3.39. The first-order chi connectivity index (χ1) is 19.4. The van der Waals surface area contributed by atoms with Crippen LogP contribution in [0.1, 0.15) is 43.2 Å². The van der Waals surface area contributed by atoms with Crippen LogP contribution in [0.2, 0.25) is 0 Å². The topological polar surface area (TPSA) is 119 Å². The molecule has 0 bridgehead atoms. The van der Waals surface area contributed by atoms with Gasteiger partial charge in [-0.2, -0.15) is 23.1 Å². The molecule has 3 atom stereocenters. The van der Waals surface area contributed by atoms with Gasteiger partial charge in [-0.05, 0) is 50.8 Å². The lowest BCUT2D eigenvalue weighted by Gasteiger charge is -2.33. The second kappa shape index (κ2) is 10.2. The number of aromatic nitrogens is 4. The highest BCUT2D eigenvalue weighted by Crippen LogP contribution is 2.42. The number of nitrogens with zero attached hydrogens (tertiary/aromatic N) is 6. The van der Waals surface area contributed by atoms with Gasteiger partial charge in [0.25, 0.3) is 0 Å². The molecular weight excluding hydrogens is 547 g/mol. The zero-order valence-corrected chi connectivity index (χ0v) is 22.5. The first kappa shape index (κ1) is 27.8. The Kier molecular flexibility index (Phi) is 6.88. The van der Waals surface area contributed by atoms with Crippen LogP contribution in [0.25, 0.3) is 22.3 Å². The molecule has 0 saturated carbocycles. The number of rotatable bonds is 5. The van der Waals surface area contributed by atoms with Crippen molar-refractivity contribution >= 4 is 22.5 Å². The van der Waals surface area contributed by atoms with Crippen molar-refractivity contribution in [3.8, 4) is 17.4 Å². The minimum atomic E-state index is -4.83. The average Bonchev–Trinajstić information content (AvgIpc) is 3.42. The fourth-order valence-corrected chi connectivity index (χ4v) is 6.57. The molecule has 0 spiro atoms. The van der Waals surface area contributed by atoms with E-state index in [9.17, 15) is 17.6 Å². The van der Waals surface area contributed by atoms with E-state index < -0.39 is 40.7 Å². The lowest BCUT2D eigenvalue weighted by Crippen LogP contribution is -2.44. The smallest absolute Gasteiger partial charge is 0.418 e. The van der Waals surface area contributed by atoms with E-state index in [4.69, 9.17) is 16.2 Å². The molecule has 6 heterocycles. The number of piperidine rings is 1. The van der Waals surface area contributed by atoms with Crippen LogP contribution < -0.4 is 21.1 Å². The molecule has 3 aliphatic heterocycles. The van der Waals surface area contributed by atoms with E-state index in [2.05, 4.69) is 24.8 Å². The summed E-state index contributed by atoms with van der Waals surface area (Å²) in [6.45, 7) is 3.44. The third-order valence-electron chi connectivity index (χ3n) is 8.38. The number of alkyl halides is 4. The molecule has 220 valence electrons. The van der Waals surface area contributed by atoms with Gasteiger partial charge in [-0.1, -0.05) is 0 Å². The van der Waals surface area contributed by atoms with Gasteiger partial charge in [-0.15, -0.1) is 0 Å². The van der Waals surface area contributed by atoms with Gasteiger partial charge in [0.1, 0.15) is 41.3 Å². The Morgan fingerprint density at radius 3 is 2.68 bits per heavy atom. The molecule has 3 aromatic heterocycles. The summed E-state index contributed by atoms with van der Waals surface area (Å²) in [4.78, 5) is 20.7. The van der Waals surface area contributed by atoms with Crippen molar-refractivity contribution < 1.29 is 26.7 Å². The molecule has 0 aliphatic carbocycles. The van der Waals surface area contributed by atoms with Gasteiger partial charge in [0.15, 0.2) is 5.82 Å². The van der Waals surface area contributed by atoms with Crippen LogP contribution in [-0.4, -0.2) is 75.4 Å². The maximum atomic E-state index is 16.2. The second-order valence-electron chi connectivity index (χ2n) is 11.3. The number of hydrogen-bond donors (Lipinski definition) is 2. The number of nitrogen functional groups attached to an aromatic ring is 1. The van der Waals surface area contributed by atoms with E-state index in [-0.39, 0.29) is 40.9 Å². The van der Waals surface area contributed by atoms with Gasteiger partial charge in [0.05, 0.1) is 16.5 Å². The van der Waals surface area contributed by atoms with Gasteiger partial charge in [0.2, 0.25) is 0 Å². The predicted molar refractivity (Wildman–Crippen MR) is 143 cm³/mol. The summed E-state index contributed by atoms with van der Waals surface area (Å²) >= 11 is 0. The van der Waals surface area contributed by atoms with Crippen molar-refractivity contribution in [2.24, 2.45) is 5.73 Å². The zero-order chi connectivity index (χ0) is 29.1. The molecule has 0 aromatic carbocycles. The highest BCUT2D eigenvalue weighted by molar-refractivity contribution is 5.92. The van der Waals surface area contributed by atoms with Crippen LogP contribution in [0.15, 0.2) is 12.3 Å². The number of pyridine rings is 2. The Labute approximate surface area is 233 Å². The summed E-state index contributed by atoms with van der Waals surface area (Å²) in [6.07, 6.45) is -1.00. The molecular formula is C27H31F5N8O. The number of halogens is 5. The highest BCUT2D eigenvalue weighted by atomic mass is 19.4. The number of fused-ring (bicyclic) bond motifs is 2. The lowest BCUT2D eigenvalue weighted by molar-refractivity contribution is -0.137. The lowest BCUT2D eigenvalue weighted by atomic mass is 9.95. The average molecular weight is 579 g/mol. The SMILES string of the molecule is Cc1cc(N)nc(-c2ncc3c(N4CCC[C@H](N)C4)nc(OC[C@@]45CCCN4C[C@H](F)C5)nc3c2F)c1C(F)(F)F. The number of nitrogens with two attached hydrogens (primary N) is 2. The van der Waals surface area contributed by atoms with E-state index >= 15 is 4.39 Å². The summed E-state index contributed by atoms with van der Waals surface area (Å²) in [5.41, 5.74) is 8.49. The molecule has 0 unspecified atom stereocenters. The van der Waals surface area contributed by atoms with E-state index in [1.54, 1.807) is 0 Å². The molecule has 3 fully saturated rings. The van der Waals surface area contributed by atoms with Gasteiger partial charge in [-0.25, -0.2) is 13.8 Å². The van der Waals surface area contributed by atoms with Crippen molar-refractivity contribution in [1.82, 2.24) is 24.8 Å². The van der Waals surface area contributed by atoms with Crippen LogP contribution in [-0.2, 0) is 6.18 Å². The maximum Gasteiger partial charge on any atom is 0.418 e. The van der Waals surface area contributed by atoms with Crippen molar-refractivity contribution in [3.63, 3.8) is 0 Å². The Morgan fingerprint density at radius 1 is 1.12 bits per heavy atom. The van der Waals surface area contributed by atoms with Crippen molar-refractivity contribution in [3.05, 3.63) is 29.2 Å². The molecule has 9 nitrogen and oxygen atoms in total. The van der Waals surface area contributed by atoms with Crippen LogP contribution in [0.3, 0.4) is 0 Å². The first-order valence-corrected chi connectivity index (χ1v) is 13.7. The van der Waals surface area contributed by atoms with Crippen LogP contribution >= 0.6 is 0 Å². The molecule has 3 saturated heterocycles. The quantitative estimate of drug-likeness (QED) is 0.433. The minimum absolute atomic E-state index is 0.103. The molecule has 3 aliphatic rings. The van der Waals surface area contributed by atoms with Gasteiger partial charge in [-0.3, -0.25) is 9.88 Å². The first-order valence-electron chi connectivity index (χ1n) is 13.7. The summed E-state index contributed by atoms with van der Waals surface area (Å²) in [5.74, 6) is -0.989. The van der Waals surface area contributed by atoms with Crippen molar-refractivity contribution in [1.29, 1.82) is 0 Å². The fourth-order valence-electron chi connectivity index (χ4n) is 6.57. The Bertz CT molecular complexity index is 1490. The number of hydrogen-bond acceptors (Lipinski definition) is 9. The van der Waals surface area contributed by atoms with Crippen molar-refractivity contribution in [2.45, 2.75) is 63.0 Å². The zero-order valence-electron chi connectivity index (χ0n) is 22.5. The summed E-state index contributed by atoms with van der Waals surface area (Å²) in [7, 11) is 0. The monoisotopic (exact) mass is 578 g/mol. The number of anilines is 2. The fraction of sp³-hybridized carbons (Fsp3) is 0.556. The van der Waals surface area contributed by atoms with Crippen LogP contribution in [0.4, 0.5) is 33.6 Å². The molecule has 0 amide bonds. The number of aryl methyl sites for hydroxylation is 1. The van der Waals surface area contributed by atoms with Gasteiger partial charge < -0.3 is 21.1 Å². The van der Waals surface area contributed by atoms with Gasteiger partial charge in [0, 0.05) is 38.3 Å². The van der Waals surface area contributed by atoms with E-state index in [0.29, 0.717) is 31.9 Å². The summed E-state index contributed by atoms with van der Waals surface area (Å²) < 4.78 is 78.7. The standard InChI is InChI=1S/C27H31F5N8O/c1-14-8-18(34)36-22(19(14)27(30,31)32)23-20(29)21-17(10-35-23)24(39-6-2-4-16(33)12-39)38-25(37-21)41-13-26-5-3-7-40(26)11-15(28)9-26/h8,10,15-16H,2-7,9,11-13,33H2,1H3,(H2,34,36)/t15-,16+,26+/m1/s1. The van der Waals surface area contributed by atoms with Crippen LogP contribution in [0, 0.1) is 12.7 Å². The van der Waals surface area contributed by atoms with E-state index in [1.807, 2.05) is 4.90 Å². The Morgan fingerprint density at radius 2 is 1.93 bits per heavy atom. The normalized spacial score (nSPS) is 25.2. The molecule has 4 N–H and O–H groups in total. The summed E-state index contributed by atoms with van der Waals surface area (Å²) in [6, 6.07) is 0.780.